The fourth-order valence-electron chi connectivity index (χ4n) is 1.57. The molecule has 1 aromatic heterocycles. The van der Waals surface area contributed by atoms with Gasteiger partial charge in [-0.1, -0.05) is 5.16 Å². The average molecular weight is 308 g/mol. The largest absolute Gasteiger partial charge is 0.480 e. The van der Waals surface area contributed by atoms with Crippen molar-refractivity contribution in [3.63, 3.8) is 0 Å². The molecule has 0 aliphatic carbocycles. The van der Waals surface area contributed by atoms with Gasteiger partial charge in [0.2, 0.25) is 10.0 Å². The first-order chi connectivity index (χ1) is 8.79. The lowest BCUT2D eigenvalue weighted by Crippen LogP contribution is -2.41. The minimum absolute atomic E-state index is 0.0945. The molecule has 0 bridgehead atoms. The van der Waals surface area contributed by atoms with Gasteiger partial charge in [-0.15, -0.1) is 0 Å². The molecule has 0 aromatic carbocycles. The van der Waals surface area contributed by atoms with Crippen LogP contribution in [0, 0.1) is 13.8 Å². The summed E-state index contributed by atoms with van der Waals surface area (Å²) in [5.74, 6) is -0.524. The molecule has 9 heteroatoms. The number of aryl methyl sites for hydroxylation is 2. The van der Waals surface area contributed by atoms with Crippen molar-refractivity contribution in [2.45, 2.75) is 31.2 Å². The number of rotatable bonds is 7. The van der Waals surface area contributed by atoms with Gasteiger partial charge < -0.3 is 9.63 Å². The van der Waals surface area contributed by atoms with Gasteiger partial charge in [-0.2, -0.15) is 16.5 Å². The van der Waals surface area contributed by atoms with Gasteiger partial charge in [0, 0.05) is 0 Å². The molecule has 0 fully saturated rings. The van der Waals surface area contributed by atoms with Crippen molar-refractivity contribution >= 4 is 27.8 Å². The third-order valence-corrected chi connectivity index (χ3v) is 4.80. The number of carboxylic acid groups (broad SMARTS) is 1. The Balaban J connectivity index is 2.98. The summed E-state index contributed by atoms with van der Waals surface area (Å²) in [5, 5.41) is 12.6. The maximum absolute atomic E-state index is 12.1. The number of thioether (sulfide) groups is 1. The smallest absolute Gasteiger partial charge is 0.321 e. The molecule has 0 radical (unpaired) electrons. The Hall–Kier alpha value is -1.06. The van der Waals surface area contributed by atoms with E-state index < -0.39 is 22.0 Å². The second-order valence-electron chi connectivity index (χ2n) is 3.95. The molecule has 0 saturated heterocycles. The van der Waals surface area contributed by atoms with E-state index in [2.05, 4.69) is 9.88 Å². The molecule has 0 saturated carbocycles. The van der Waals surface area contributed by atoms with Crippen molar-refractivity contribution in [3.8, 4) is 0 Å². The minimum atomic E-state index is -3.95. The maximum atomic E-state index is 12.1. The Morgan fingerprint density at radius 1 is 1.53 bits per heavy atom. The number of hydrogen-bond acceptors (Lipinski definition) is 6. The van der Waals surface area contributed by atoms with Crippen molar-refractivity contribution in [2.75, 3.05) is 12.0 Å². The van der Waals surface area contributed by atoms with Crippen LogP contribution in [0.1, 0.15) is 17.9 Å². The molecule has 7 nitrogen and oxygen atoms in total. The van der Waals surface area contributed by atoms with Crippen LogP contribution in [0.4, 0.5) is 0 Å². The number of sulfonamides is 1. The lowest BCUT2D eigenvalue weighted by Gasteiger charge is -2.13. The monoisotopic (exact) mass is 308 g/mol. The fraction of sp³-hybridized carbons (Fsp3) is 0.600. The third-order valence-electron chi connectivity index (χ3n) is 2.44. The lowest BCUT2D eigenvalue weighted by molar-refractivity contribution is -0.139. The van der Waals surface area contributed by atoms with E-state index in [1.807, 2.05) is 6.26 Å². The van der Waals surface area contributed by atoms with Crippen LogP contribution in [0.15, 0.2) is 9.42 Å². The van der Waals surface area contributed by atoms with Gasteiger partial charge in [-0.25, -0.2) is 8.42 Å². The fourth-order valence-corrected chi connectivity index (χ4v) is 3.60. The highest BCUT2D eigenvalue weighted by molar-refractivity contribution is 7.98. The van der Waals surface area contributed by atoms with E-state index >= 15 is 0 Å². The van der Waals surface area contributed by atoms with Crippen molar-refractivity contribution in [1.82, 2.24) is 9.88 Å². The van der Waals surface area contributed by atoms with E-state index in [9.17, 15) is 13.2 Å². The molecule has 108 valence electrons. The minimum Gasteiger partial charge on any atom is -0.480 e. The molecule has 1 atom stereocenters. The molecule has 0 unspecified atom stereocenters. The highest BCUT2D eigenvalue weighted by Gasteiger charge is 2.29. The van der Waals surface area contributed by atoms with Crippen LogP contribution in [-0.4, -0.2) is 42.7 Å². The predicted octanol–water partition coefficient (Wildman–Crippen LogP) is 0.776. The average Bonchev–Trinajstić information content (AvgIpc) is 2.64. The number of aliphatic carboxylic acids is 1. The first kappa shape index (κ1) is 16.0. The van der Waals surface area contributed by atoms with Gasteiger partial charge >= 0.3 is 5.97 Å². The van der Waals surface area contributed by atoms with Crippen molar-refractivity contribution in [1.29, 1.82) is 0 Å². The van der Waals surface area contributed by atoms with E-state index in [0.29, 0.717) is 5.75 Å². The van der Waals surface area contributed by atoms with Crippen LogP contribution < -0.4 is 4.72 Å². The van der Waals surface area contributed by atoms with E-state index in [-0.39, 0.29) is 22.8 Å². The summed E-state index contributed by atoms with van der Waals surface area (Å²) in [6.07, 6.45) is 2.03. The Morgan fingerprint density at radius 2 is 2.16 bits per heavy atom. The Bertz CT molecular complexity index is 533. The van der Waals surface area contributed by atoms with Crippen LogP contribution in [0.5, 0.6) is 0 Å². The first-order valence-corrected chi connectivity index (χ1v) is 8.34. The van der Waals surface area contributed by atoms with E-state index in [4.69, 9.17) is 9.63 Å². The van der Waals surface area contributed by atoms with Gasteiger partial charge in [-0.3, -0.25) is 4.79 Å². The summed E-state index contributed by atoms with van der Waals surface area (Å²) >= 11 is 1.45. The second-order valence-corrected chi connectivity index (χ2v) is 6.58. The Morgan fingerprint density at radius 3 is 2.58 bits per heavy atom. The van der Waals surface area contributed by atoms with Crippen LogP contribution in [0.25, 0.3) is 0 Å². The van der Waals surface area contributed by atoms with Gasteiger partial charge in [0.25, 0.3) is 0 Å². The zero-order valence-corrected chi connectivity index (χ0v) is 12.5. The predicted molar refractivity (Wildman–Crippen MR) is 70.7 cm³/mol. The number of nitrogens with one attached hydrogen (secondary N) is 1. The van der Waals surface area contributed by atoms with Gasteiger partial charge in [0.15, 0.2) is 5.76 Å². The number of nitrogens with zero attached hydrogens (tertiary/aromatic N) is 1. The lowest BCUT2D eigenvalue weighted by atomic mass is 10.2. The Labute approximate surface area is 115 Å². The Kier molecular flexibility index (Phi) is 5.39. The van der Waals surface area contributed by atoms with Gasteiger partial charge in [0.05, 0.1) is 0 Å². The van der Waals surface area contributed by atoms with E-state index in [1.165, 1.54) is 25.6 Å². The number of hydrogen-bond donors (Lipinski definition) is 2. The second kappa shape index (κ2) is 6.40. The molecule has 0 amide bonds. The summed E-state index contributed by atoms with van der Waals surface area (Å²) in [7, 11) is -3.95. The number of aromatic nitrogens is 1. The molecule has 2 N–H and O–H groups in total. The zero-order valence-electron chi connectivity index (χ0n) is 10.8. The maximum Gasteiger partial charge on any atom is 0.321 e. The molecule has 1 rings (SSSR count). The summed E-state index contributed by atoms with van der Waals surface area (Å²) in [4.78, 5) is 11.0. The summed E-state index contributed by atoms with van der Waals surface area (Å²) in [6.45, 7) is 2.95. The molecule has 0 aliphatic rings. The van der Waals surface area contributed by atoms with Crippen LogP contribution in [0.2, 0.25) is 0 Å². The van der Waals surface area contributed by atoms with Gasteiger partial charge in [0.1, 0.15) is 16.6 Å². The SMILES string of the molecule is CSCC[C@H](NS(=O)(=O)c1c(C)noc1C)C(=O)O. The third kappa shape index (κ3) is 3.95. The topological polar surface area (TPSA) is 110 Å². The summed E-state index contributed by atoms with van der Waals surface area (Å²) in [6, 6.07) is -1.16. The molecule has 1 heterocycles. The highest BCUT2D eigenvalue weighted by Crippen LogP contribution is 2.19. The van der Waals surface area contributed by atoms with Crippen LogP contribution in [0.3, 0.4) is 0 Å². The van der Waals surface area contributed by atoms with Crippen LogP contribution in [-0.2, 0) is 14.8 Å². The first-order valence-electron chi connectivity index (χ1n) is 5.46. The van der Waals surface area contributed by atoms with Crippen molar-refractivity contribution in [2.24, 2.45) is 0 Å². The van der Waals surface area contributed by atoms with Crippen molar-refractivity contribution < 1.29 is 22.8 Å². The van der Waals surface area contributed by atoms with Gasteiger partial charge in [-0.05, 0) is 32.3 Å². The molecule has 0 spiro atoms. The highest BCUT2D eigenvalue weighted by atomic mass is 32.2. The van der Waals surface area contributed by atoms with E-state index in [0.717, 1.165) is 0 Å². The molecule has 1 aromatic rings. The summed E-state index contributed by atoms with van der Waals surface area (Å²) in [5.41, 5.74) is 0.207. The number of carboxylic acids is 1. The molecular formula is C10H16N2O5S2. The van der Waals surface area contributed by atoms with E-state index in [1.54, 1.807) is 0 Å². The zero-order chi connectivity index (χ0) is 14.6. The standard InChI is InChI=1S/C10H16N2O5S2/c1-6-9(7(2)17-11-6)19(15,16)12-8(10(13)14)4-5-18-3/h8,12H,4-5H2,1-3H3,(H,13,14)/t8-/m0/s1. The molecule has 0 aliphatic heterocycles. The molecule has 19 heavy (non-hydrogen) atoms. The molecular weight excluding hydrogens is 292 g/mol. The summed E-state index contributed by atoms with van der Waals surface area (Å²) < 4.78 is 31.2. The van der Waals surface area contributed by atoms with Crippen LogP contribution >= 0.6 is 11.8 Å². The normalized spacial score (nSPS) is 13.4. The van der Waals surface area contributed by atoms with Crippen molar-refractivity contribution in [3.05, 3.63) is 11.5 Å². The number of carbonyl (C=O) groups is 1. The quantitative estimate of drug-likeness (QED) is 0.765.